The Morgan fingerprint density at radius 1 is 1.58 bits per heavy atom. The maximum atomic E-state index is 11.9. The van der Waals surface area contributed by atoms with Crippen LogP contribution in [-0.4, -0.2) is 35.3 Å². The molecule has 1 saturated heterocycles. The predicted octanol–water partition coefficient (Wildman–Crippen LogP) is 0.873. The highest BCUT2D eigenvalue weighted by molar-refractivity contribution is 7.07. The monoisotopic (exact) mass is 281 g/mol. The van der Waals surface area contributed by atoms with E-state index in [0.29, 0.717) is 6.42 Å². The van der Waals surface area contributed by atoms with E-state index in [1.807, 2.05) is 35.6 Å². The molecule has 19 heavy (non-hydrogen) atoms. The minimum absolute atomic E-state index is 0.105. The van der Waals surface area contributed by atoms with Crippen LogP contribution in [-0.2, 0) is 9.59 Å². The zero-order valence-electron chi connectivity index (χ0n) is 11.1. The molecule has 3 N–H and O–H groups in total. The van der Waals surface area contributed by atoms with Crippen molar-refractivity contribution < 1.29 is 9.59 Å². The maximum absolute atomic E-state index is 11.9. The van der Waals surface area contributed by atoms with Gasteiger partial charge in [0, 0.05) is 6.04 Å². The molecule has 0 aromatic carbocycles. The zero-order valence-corrected chi connectivity index (χ0v) is 11.9. The Labute approximate surface area is 116 Å². The number of carbonyl (C=O) groups excluding carboxylic acids is 2. The largest absolute Gasteiger partial charge is 0.326 e. The normalized spacial score (nSPS) is 24.1. The highest BCUT2D eigenvalue weighted by Gasteiger charge is 2.38. The fourth-order valence-corrected chi connectivity index (χ4v) is 3.33. The lowest BCUT2D eigenvalue weighted by Crippen LogP contribution is -2.60. The Morgan fingerprint density at radius 3 is 2.84 bits per heavy atom. The first kappa shape index (κ1) is 14.2. The predicted molar refractivity (Wildman–Crippen MR) is 74.6 cm³/mol. The summed E-state index contributed by atoms with van der Waals surface area (Å²) in [4.78, 5) is 25.5. The summed E-state index contributed by atoms with van der Waals surface area (Å²) in [6.07, 6.45) is 0.659. The van der Waals surface area contributed by atoms with Gasteiger partial charge < -0.3 is 5.73 Å². The van der Waals surface area contributed by atoms with Crippen LogP contribution in [0.15, 0.2) is 16.8 Å². The van der Waals surface area contributed by atoms with E-state index in [0.717, 1.165) is 5.56 Å². The SMILES string of the molecule is CCC1C(=O)NC(=O)CN1C(c1ccsc1)C(C)N. The number of carbonyl (C=O) groups is 2. The van der Waals surface area contributed by atoms with Gasteiger partial charge in [-0.3, -0.25) is 19.8 Å². The van der Waals surface area contributed by atoms with Gasteiger partial charge in [0.1, 0.15) is 0 Å². The van der Waals surface area contributed by atoms with Crippen molar-refractivity contribution in [2.45, 2.75) is 38.4 Å². The lowest BCUT2D eigenvalue weighted by molar-refractivity contribution is -0.142. The first-order valence-electron chi connectivity index (χ1n) is 6.41. The molecule has 1 aromatic rings. The van der Waals surface area contributed by atoms with Crippen LogP contribution in [0.4, 0.5) is 0 Å². The number of hydrogen-bond donors (Lipinski definition) is 2. The molecular weight excluding hydrogens is 262 g/mol. The van der Waals surface area contributed by atoms with E-state index in [9.17, 15) is 9.59 Å². The quantitative estimate of drug-likeness (QED) is 0.803. The summed E-state index contributed by atoms with van der Waals surface area (Å²) in [7, 11) is 0. The maximum Gasteiger partial charge on any atom is 0.243 e. The number of nitrogens with two attached hydrogens (primary N) is 1. The van der Waals surface area contributed by atoms with Gasteiger partial charge in [-0.05, 0) is 35.7 Å². The third-order valence-electron chi connectivity index (χ3n) is 3.42. The van der Waals surface area contributed by atoms with Crippen molar-refractivity contribution >= 4 is 23.2 Å². The molecule has 1 aromatic heterocycles. The second kappa shape index (κ2) is 5.81. The summed E-state index contributed by atoms with van der Waals surface area (Å²) >= 11 is 1.59. The van der Waals surface area contributed by atoms with E-state index >= 15 is 0 Å². The molecule has 0 saturated carbocycles. The van der Waals surface area contributed by atoms with Crippen LogP contribution in [0.2, 0.25) is 0 Å². The summed E-state index contributed by atoms with van der Waals surface area (Å²) in [6, 6.07) is 1.45. The lowest BCUT2D eigenvalue weighted by Gasteiger charge is -2.40. The van der Waals surface area contributed by atoms with Gasteiger partial charge in [0.15, 0.2) is 0 Å². The van der Waals surface area contributed by atoms with E-state index in [1.165, 1.54) is 0 Å². The number of amides is 2. The van der Waals surface area contributed by atoms with Gasteiger partial charge in [0.2, 0.25) is 11.8 Å². The minimum Gasteiger partial charge on any atom is -0.326 e. The third kappa shape index (κ3) is 2.86. The average molecular weight is 281 g/mol. The zero-order chi connectivity index (χ0) is 14.0. The van der Waals surface area contributed by atoms with Gasteiger partial charge in [-0.1, -0.05) is 6.92 Å². The fraction of sp³-hybridized carbons (Fsp3) is 0.538. The second-order valence-electron chi connectivity index (χ2n) is 4.87. The number of thiophene rings is 1. The fourth-order valence-electron chi connectivity index (χ4n) is 2.64. The molecule has 0 aliphatic carbocycles. The van der Waals surface area contributed by atoms with Crippen LogP contribution in [0.25, 0.3) is 0 Å². The van der Waals surface area contributed by atoms with E-state index in [-0.39, 0.29) is 36.5 Å². The smallest absolute Gasteiger partial charge is 0.243 e. The summed E-state index contributed by atoms with van der Waals surface area (Å²) in [6.45, 7) is 4.07. The van der Waals surface area contributed by atoms with Crippen LogP contribution < -0.4 is 11.1 Å². The molecule has 0 radical (unpaired) electrons. The topological polar surface area (TPSA) is 75.4 Å². The number of imide groups is 1. The number of nitrogens with zero attached hydrogens (tertiary/aromatic N) is 1. The van der Waals surface area contributed by atoms with Gasteiger partial charge in [-0.15, -0.1) is 0 Å². The molecule has 3 unspecified atom stereocenters. The number of piperazine rings is 1. The summed E-state index contributed by atoms with van der Waals surface area (Å²) in [5.41, 5.74) is 7.16. The molecule has 5 nitrogen and oxygen atoms in total. The van der Waals surface area contributed by atoms with Gasteiger partial charge in [-0.2, -0.15) is 11.3 Å². The third-order valence-corrected chi connectivity index (χ3v) is 4.12. The standard InChI is InChI=1S/C13H19N3O2S/c1-3-10-13(18)15-11(17)6-16(10)12(8(2)14)9-4-5-19-7-9/h4-5,7-8,10,12H,3,6,14H2,1-2H3,(H,15,17,18). The Morgan fingerprint density at radius 2 is 2.32 bits per heavy atom. The molecule has 2 heterocycles. The highest BCUT2D eigenvalue weighted by Crippen LogP contribution is 2.29. The minimum atomic E-state index is -0.298. The molecular formula is C13H19N3O2S. The number of nitrogens with one attached hydrogen (secondary N) is 1. The molecule has 1 aliphatic rings. The Kier molecular flexibility index (Phi) is 4.34. The van der Waals surface area contributed by atoms with Crippen LogP contribution in [0.5, 0.6) is 0 Å². The highest BCUT2D eigenvalue weighted by atomic mass is 32.1. The van der Waals surface area contributed by atoms with E-state index < -0.39 is 0 Å². The van der Waals surface area contributed by atoms with E-state index in [1.54, 1.807) is 11.3 Å². The van der Waals surface area contributed by atoms with Crippen molar-refractivity contribution in [2.75, 3.05) is 6.54 Å². The molecule has 0 spiro atoms. The summed E-state index contributed by atoms with van der Waals surface area (Å²) in [5, 5.41) is 6.40. The van der Waals surface area contributed by atoms with Crippen molar-refractivity contribution in [3.8, 4) is 0 Å². The van der Waals surface area contributed by atoms with E-state index in [4.69, 9.17) is 5.73 Å². The van der Waals surface area contributed by atoms with Crippen molar-refractivity contribution in [2.24, 2.45) is 5.73 Å². The van der Waals surface area contributed by atoms with Crippen LogP contribution >= 0.6 is 11.3 Å². The molecule has 0 bridgehead atoms. The first-order valence-corrected chi connectivity index (χ1v) is 7.36. The summed E-state index contributed by atoms with van der Waals surface area (Å²) in [5.74, 6) is -0.477. The lowest BCUT2D eigenvalue weighted by atomic mass is 9.97. The molecule has 2 rings (SSSR count). The van der Waals surface area contributed by atoms with Gasteiger partial charge in [0.25, 0.3) is 0 Å². The van der Waals surface area contributed by atoms with Crippen molar-refractivity contribution in [1.82, 2.24) is 10.2 Å². The number of rotatable bonds is 4. The second-order valence-corrected chi connectivity index (χ2v) is 5.65. The van der Waals surface area contributed by atoms with Crippen LogP contribution in [0.1, 0.15) is 31.9 Å². The van der Waals surface area contributed by atoms with Crippen LogP contribution in [0.3, 0.4) is 0 Å². The van der Waals surface area contributed by atoms with Gasteiger partial charge in [0.05, 0.1) is 18.6 Å². The average Bonchev–Trinajstić information content (AvgIpc) is 2.81. The molecule has 1 fully saturated rings. The van der Waals surface area contributed by atoms with Crippen molar-refractivity contribution in [1.29, 1.82) is 0 Å². The Balaban J connectivity index is 2.33. The summed E-state index contributed by atoms with van der Waals surface area (Å²) < 4.78 is 0. The number of hydrogen-bond acceptors (Lipinski definition) is 5. The Hall–Kier alpha value is -1.24. The van der Waals surface area contributed by atoms with E-state index in [2.05, 4.69) is 5.32 Å². The molecule has 104 valence electrons. The molecule has 2 amide bonds. The van der Waals surface area contributed by atoms with Gasteiger partial charge >= 0.3 is 0 Å². The van der Waals surface area contributed by atoms with Crippen LogP contribution in [0, 0.1) is 0 Å². The van der Waals surface area contributed by atoms with Crippen molar-refractivity contribution in [3.63, 3.8) is 0 Å². The molecule has 3 atom stereocenters. The van der Waals surface area contributed by atoms with Gasteiger partial charge in [-0.25, -0.2) is 0 Å². The first-order chi connectivity index (χ1) is 9.04. The van der Waals surface area contributed by atoms with Crippen molar-refractivity contribution in [3.05, 3.63) is 22.4 Å². The molecule has 6 heteroatoms. The Bertz CT molecular complexity index is 458. The molecule has 1 aliphatic heterocycles.